The molecule has 0 amide bonds. The van der Waals surface area contributed by atoms with Gasteiger partial charge in [-0.3, -0.25) is 0 Å². The number of rotatable bonds is 4. The summed E-state index contributed by atoms with van der Waals surface area (Å²) < 4.78 is 11.0. The molecule has 0 spiro atoms. The van der Waals surface area contributed by atoms with Gasteiger partial charge in [0.2, 0.25) is 5.76 Å². The zero-order valence-electron chi connectivity index (χ0n) is 11.6. The molecule has 1 N–H and O–H groups in total. The molecule has 0 aliphatic heterocycles. The van der Waals surface area contributed by atoms with Crippen LogP contribution in [0.25, 0.3) is 0 Å². The van der Waals surface area contributed by atoms with Crippen molar-refractivity contribution in [1.82, 2.24) is 0 Å². The SMILES string of the molecule is COC(=O)c1ccc(CNc2c(C)cc(C)cc2Br)o1. The molecule has 106 valence electrons. The van der Waals surface area contributed by atoms with Crippen LogP contribution in [0.1, 0.15) is 27.4 Å². The van der Waals surface area contributed by atoms with Gasteiger partial charge in [-0.05, 0) is 59.1 Å². The zero-order valence-corrected chi connectivity index (χ0v) is 13.2. The number of ether oxygens (including phenoxy) is 1. The summed E-state index contributed by atoms with van der Waals surface area (Å²) in [5, 5.41) is 3.30. The predicted molar refractivity (Wildman–Crippen MR) is 81.0 cm³/mol. The number of anilines is 1. The molecule has 0 saturated heterocycles. The number of furan rings is 1. The Labute approximate surface area is 126 Å². The Kier molecular flexibility index (Phi) is 4.49. The van der Waals surface area contributed by atoms with Gasteiger partial charge in [0.15, 0.2) is 0 Å². The van der Waals surface area contributed by atoms with Crippen molar-refractivity contribution in [2.75, 3.05) is 12.4 Å². The molecular weight excluding hydrogens is 322 g/mol. The molecular formula is C15H16BrNO3. The third-order valence-electron chi connectivity index (χ3n) is 2.92. The largest absolute Gasteiger partial charge is 0.463 e. The lowest BCUT2D eigenvalue weighted by atomic mass is 10.1. The molecule has 0 saturated carbocycles. The maximum absolute atomic E-state index is 11.3. The quantitative estimate of drug-likeness (QED) is 0.855. The topological polar surface area (TPSA) is 51.5 Å². The van der Waals surface area contributed by atoms with Crippen LogP contribution < -0.4 is 5.32 Å². The molecule has 1 heterocycles. The Balaban J connectivity index is 2.09. The lowest BCUT2D eigenvalue weighted by molar-refractivity contribution is 0.0563. The molecule has 0 aliphatic carbocycles. The second-order valence-electron chi connectivity index (χ2n) is 4.55. The van der Waals surface area contributed by atoms with Gasteiger partial charge in [0.25, 0.3) is 0 Å². The first-order valence-corrected chi connectivity index (χ1v) is 6.98. The van der Waals surface area contributed by atoms with Gasteiger partial charge in [-0.25, -0.2) is 4.79 Å². The Morgan fingerprint density at radius 2 is 2.10 bits per heavy atom. The van der Waals surface area contributed by atoms with Gasteiger partial charge in [-0.15, -0.1) is 0 Å². The Morgan fingerprint density at radius 3 is 2.75 bits per heavy atom. The number of benzene rings is 1. The second-order valence-corrected chi connectivity index (χ2v) is 5.40. The average Bonchev–Trinajstić information content (AvgIpc) is 2.85. The van der Waals surface area contributed by atoms with Gasteiger partial charge in [-0.1, -0.05) is 6.07 Å². The third kappa shape index (κ3) is 3.22. The zero-order chi connectivity index (χ0) is 14.7. The number of hydrogen-bond donors (Lipinski definition) is 1. The van der Waals surface area contributed by atoms with E-state index in [0.29, 0.717) is 12.3 Å². The van der Waals surface area contributed by atoms with Gasteiger partial charge < -0.3 is 14.5 Å². The highest BCUT2D eigenvalue weighted by atomic mass is 79.9. The van der Waals surface area contributed by atoms with E-state index in [1.54, 1.807) is 12.1 Å². The number of carbonyl (C=O) groups is 1. The highest BCUT2D eigenvalue weighted by Gasteiger charge is 2.11. The summed E-state index contributed by atoms with van der Waals surface area (Å²) in [6, 6.07) is 7.53. The van der Waals surface area contributed by atoms with Crippen molar-refractivity contribution in [3.05, 3.63) is 51.4 Å². The van der Waals surface area contributed by atoms with E-state index in [2.05, 4.69) is 45.0 Å². The number of methoxy groups -OCH3 is 1. The highest BCUT2D eigenvalue weighted by molar-refractivity contribution is 9.10. The monoisotopic (exact) mass is 337 g/mol. The van der Waals surface area contributed by atoms with Gasteiger partial charge >= 0.3 is 5.97 Å². The number of nitrogens with one attached hydrogen (secondary N) is 1. The van der Waals surface area contributed by atoms with Gasteiger partial charge in [-0.2, -0.15) is 0 Å². The van der Waals surface area contributed by atoms with Crippen LogP contribution in [0.5, 0.6) is 0 Å². The van der Waals surface area contributed by atoms with Crippen LogP contribution >= 0.6 is 15.9 Å². The summed E-state index contributed by atoms with van der Waals surface area (Å²) in [5.41, 5.74) is 3.37. The predicted octanol–water partition coefficient (Wildman–Crippen LogP) is 4.06. The molecule has 2 rings (SSSR count). The summed E-state index contributed by atoms with van der Waals surface area (Å²) >= 11 is 3.54. The minimum atomic E-state index is -0.469. The van der Waals surface area contributed by atoms with Crippen LogP contribution in [0.15, 0.2) is 33.2 Å². The van der Waals surface area contributed by atoms with Crippen molar-refractivity contribution in [3.63, 3.8) is 0 Å². The molecule has 20 heavy (non-hydrogen) atoms. The Bertz CT molecular complexity index is 611. The van der Waals surface area contributed by atoms with Crippen molar-refractivity contribution in [2.45, 2.75) is 20.4 Å². The summed E-state index contributed by atoms with van der Waals surface area (Å²) in [4.78, 5) is 11.3. The molecule has 0 aliphatic rings. The number of aryl methyl sites for hydroxylation is 2. The lowest BCUT2D eigenvalue weighted by Crippen LogP contribution is -2.02. The normalized spacial score (nSPS) is 10.4. The van der Waals surface area contributed by atoms with Crippen LogP contribution in [0.2, 0.25) is 0 Å². The van der Waals surface area contributed by atoms with Crippen LogP contribution in [-0.2, 0) is 11.3 Å². The van der Waals surface area contributed by atoms with E-state index >= 15 is 0 Å². The van der Waals surface area contributed by atoms with Gasteiger partial charge in [0.1, 0.15) is 5.76 Å². The van der Waals surface area contributed by atoms with E-state index in [4.69, 9.17) is 4.42 Å². The van der Waals surface area contributed by atoms with Crippen molar-refractivity contribution in [3.8, 4) is 0 Å². The number of hydrogen-bond acceptors (Lipinski definition) is 4. The van der Waals surface area contributed by atoms with Crippen LogP contribution in [0.3, 0.4) is 0 Å². The van der Waals surface area contributed by atoms with Crippen molar-refractivity contribution < 1.29 is 13.9 Å². The molecule has 0 radical (unpaired) electrons. The van der Waals surface area contributed by atoms with Crippen LogP contribution in [-0.4, -0.2) is 13.1 Å². The standard InChI is InChI=1S/C15H16BrNO3/c1-9-6-10(2)14(12(16)7-9)17-8-11-4-5-13(20-11)15(18)19-3/h4-7,17H,8H2,1-3H3. The van der Waals surface area contributed by atoms with Crippen molar-refractivity contribution in [1.29, 1.82) is 0 Å². The van der Waals surface area contributed by atoms with E-state index in [-0.39, 0.29) is 5.76 Å². The molecule has 0 bridgehead atoms. The fourth-order valence-corrected chi connectivity index (χ4v) is 2.81. The molecule has 5 heteroatoms. The number of halogens is 1. The summed E-state index contributed by atoms with van der Waals surface area (Å²) in [6.45, 7) is 4.60. The average molecular weight is 338 g/mol. The Hall–Kier alpha value is -1.75. The van der Waals surface area contributed by atoms with Crippen LogP contribution in [0, 0.1) is 13.8 Å². The fraction of sp³-hybridized carbons (Fsp3) is 0.267. The first-order chi connectivity index (χ1) is 9.51. The van der Waals surface area contributed by atoms with E-state index < -0.39 is 5.97 Å². The summed E-state index contributed by atoms with van der Waals surface area (Å²) in [5.74, 6) is 0.421. The smallest absolute Gasteiger partial charge is 0.373 e. The lowest BCUT2D eigenvalue weighted by Gasteiger charge is -2.11. The summed E-state index contributed by atoms with van der Waals surface area (Å²) in [7, 11) is 1.33. The molecule has 0 unspecified atom stereocenters. The minimum Gasteiger partial charge on any atom is -0.463 e. The maximum Gasteiger partial charge on any atom is 0.373 e. The molecule has 0 fully saturated rings. The second kappa shape index (κ2) is 6.13. The van der Waals surface area contributed by atoms with E-state index in [1.807, 2.05) is 6.92 Å². The molecule has 0 atom stereocenters. The Morgan fingerprint density at radius 1 is 1.35 bits per heavy atom. The van der Waals surface area contributed by atoms with Crippen molar-refractivity contribution >= 4 is 27.6 Å². The van der Waals surface area contributed by atoms with E-state index in [9.17, 15) is 4.79 Å². The molecule has 4 nitrogen and oxygen atoms in total. The first-order valence-electron chi connectivity index (χ1n) is 6.19. The molecule has 2 aromatic rings. The highest BCUT2D eigenvalue weighted by Crippen LogP contribution is 2.28. The molecule has 1 aromatic heterocycles. The minimum absolute atomic E-state index is 0.212. The van der Waals surface area contributed by atoms with Gasteiger partial charge in [0.05, 0.1) is 19.3 Å². The van der Waals surface area contributed by atoms with Gasteiger partial charge in [0, 0.05) is 4.47 Å². The van der Waals surface area contributed by atoms with E-state index in [1.165, 1.54) is 12.7 Å². The van der Waals surface area contributed by atoms with E-state index in [0.717, 1.165) is 15.7 Å². The third-order valence-corrected chi connectivity index (χ3v) is 3.54. The van der Waals surface area contributed by atoms with Crippen LogP contribution in [0.4, 0.5) is 5.69 Å². The maximum atomic E-state index is 11.3. The summed E-state index contributed by atoms with van der Waals surface area (Å²) in [6.07, 6.45) is 0. The van der Waals surface area contributed by atoms with Crippen molar-refractivity contribution in [2.24, 2.45) is 0 Å². The number of esters is 1. The molecule has 1 aromatic carbocycles. The fourth-order valence-electron chi connectivity index (χ4n) is 2.00. The first kappa shape index (κ1) is 14.7. The number of carbonyl (C=O) groups excluding carboxylic acids is 1.